The number of hydrogen-bond donors (Lipinski definition) is 1. The lowest BCUT2D eigenvalue weighted by molar-refractivity contribution is -0.00953. The summed E-state index contributed by atoms with van der Waals surface area (Å²) in [7, 11) is 0. The van der Waals surface area contributed by atoms with E-state index < -0.39 is 12.2 Å². The van der Waals surface area contributed by atoms with Gasteiger partial charge in [0.05, 0.1) is 12.7 Å². The molecule has 30 heavy (non-hydrogen) atoms. The molecule has 0 bridgehead atoms. The molecule has 0 spiro atoms. The van der Waals surface area contributed by atoms with Crippen molar-refractivity contribution in [3.8, 4) is 11.1 Å². The first-order chi connectivity index (χ1) is 14.5. The maximum atomic E-state index is 15.0. The van der Waals surface area contributed by atoms with E-state index in [-0.39, 0.29) is 24.9 Å². The third kappa shape index (κ3) is 5.09. The lowest BCUT2D eigenvalue weighted by Crippen LogP contribution is -2.41. The number of rotatable bonds is 7. The number of azide groups is 1. The van der Waals surface area contributed by atoms with Crippen LogP contribution in [0.4, 0.5) is 9.18 Å². The van der Waals surface area contributed by atoms with Gasteiger partial charge in [-0.05, 0) is 42.5 Å². The molecule has 1 N–H and O–H groups in total. The lowest BCUT2D eigenvalue weighted by Gasteiger charge is -2.36. The van der Waals surface area contributed by atoms with Crippen LogP contribution in [0.1, 0.15) is 30.1 Å². The van der Waals surface area contributed by atoms with Crippen molar-refractivity contribution in [2.75, 3.05) is 26.2 Å². The van der Waals surface area contributed by atoms with E-state index in [0.29, 0.717) is 30.6 Å². The van der Waals surface area contributed by atoms with Gasteiger partial charge >= 0.3 is 6.09 Å². The summed E-state index contributed by atoms with van der Waals surface area (Å²) < 4.78 is 21.1. The zero-order valence-electron chi connectivity index (χ0n) is 16.9. The molecular formula is C22H25FN4O3. The predicted octanol–water partition coefficient (Wildman–Crippen LogP) is 5.56. The summed E-state index contributed by atoms with van der Waals surface area (Å²) in [6, 6.07) is 12.5. The third-order valence-electron chi connectivity index (χ3n) is 5.37. The molecule has 1 saturated heterocycles. The highest BCUT2D eigenvalue weighted by Crippen LogP contribution is 2.39. The van der Waals surface area contributed by atoms with E-state index in [9.17, 15) is 9.90 Å². The number of piperidine rings is 1. The number of likely N-dealkylation sites (tertiary alicyclic amines) is 1. The first kappa shape index (κ1) is 21.6. The van der Waals surface area contributed by atoms with Crippen LogP contribution in [0.3, 0.4) is 0 Å². The van der Waals surface area contributed by atoms with Crippen LogP contribution < -0.4 is 0 Å². The van der Waals surface area contributed by atoms with E-state index in [0.717, 1.165) is 17.5 Å². The van der Waals surface area contributed by atoms with E-state index in [2.05, 4.69) is 10.0 Å². The van der Waals surface area contributed by atoms with Gasteiger partial charge in [0.1, 0.15) is 5.82 Å². The SMILES string of the molecule is Cc1cccc(-c2c(F)cccc2C(OCCN=[N+]=[N-])C2CCCN(C(=O)O)C2)c1. The van der Waals surface area contributed by atoms with Crippen LogP contribution in [-0.4, -0.2) is 42.3 Å². The molecule has 7 nitrogen and oxygen atoms in total. The molecule has 158 valence electrons. The topological polar surface area (TPSA) is 98.5 Å². The lowest BCUT2D eigenvalue weighted by atomic mass is 9.84. The minimum absolute atomic E-state index is 0.133. The number of ether oxygens (including phenoxy) is 1. The second-order valence-corrected chi connectivity index (χ2v) is 7.45. The molecule has 0 aromatic heterocycles. The van der Waals surface area contributed by atoms with Crippen molar-refractivity contribution in [2.24, 2.45) is 11.0 Å². The Labute approximate surface area is 174 Å². The number of carbonyl (C=O) groups is 1. The molecule has 0 aliphatic carbocycles. The molecule has 1 amide bonds. The fourth-order valence-corrected chi connectivity index (χ4v) is 4.06. The van der Waals surface area contributed by atoms with Gasteiger partial charge in [0.15, 0.2) is 0 Å². The third-order valence-corrected chi connectivity index (χ3v) is 5.37. The van der Waals surface area contributed by atoms with E-state index in [1.54, 1.807) is 6.07 Å². The van der Waals surface area contributed by atoms with Crippen molar-refractivity contribution in [1.82, 2.24) is 4.90 Å². The molecule has 1 heterocycles. The van der Waals surface area contributed by atoms with Crippen molar-refractivity contribution in [1.29, 1.82) is 0 Å². The van der Waals surface area contributed by atoms with Crippen LogP contribution in [0.5, 0.6) is 0 Å². The Morgan fingerprint density at radius 1 is 1.40 bits per heavy atom. The Morgan fingerprint density at radius 3 is 2.93 bits per heavy atom. The predicted molar refractivity (Wildman–Crippen MR) is 112 cm³/mol. The highest BCUT2D eigenvalue weighted by molar-refractivity contribution is 5.69. The Hall–Kier alpha value is -3.09. The quantitative estimate of drug-likeness (QED) is 0.279. The highest BCUT2D eigenvalue weighted by Gasteiger charge is 2.33. The largest absolute Gasteiger partial charge is 0.465 e. The maximum absolute atomic E-state index is 15.0. The van der Waals surface area contributed by atoms with Crippen LogP contribution in [0.25, 0.3) is 21.6 Å². The van der Waals surface area contributed by atoms with Crippen LogP contribution in [0, 0.1) is 18.7 Å². The van der Waals surface area contributed by atoms with Crippen LogP contribution in [0.2, 0.25) is 0 Å². The molecule has 1 fully saturated rings. The summed E-state index contributed by atoms with van der Waals surface area (Å²) in [4.78, 5) is 15.6. The minimum Gasteiger partial charge on any atom is -0.465 e. The number of nitrogens with zero attached hydrogens (tertiary/aromatic N) is 4. The molecule has 2 aromatic rings. The molecule has 2 aromatic carbocycles. The second-order valence-electron chi connectivity index (χ2n) is 7.45. The fraction of sp³-hybridized carbons (Fsp3) is 0.409. The Morgan fingerprint density at radius 2 is 2.20 bits per heavy atom. The zero-order chi connectivity index (χ0) is 21.5. The van der Waals surface area contributed by atoms with Crippen molar-refractivity contribution < 1.29 is 19.0 Å². The minimum atomic E-state index is -0.967. The van der Waals surface area contributed by atoms with Crippen molar-refractivity contribution in [3.05, 3.63) is 69.9 Å². The normalized spacial score (nSPS) is 17.3. The Kier molecular flexibility index (Phi) is 7.27. The molecule has 1 aliphatic rings. The first-order valence-electron chi connectivity index (χ1n) is 9.97. The van der Waals surface area contributed by atoms with Gasteiger partial charge in [0.25, 0.3) is 0 Å². The highest BCUT2D eigenvalue weighted by atomic mass is 19.1. The zero-order valence-corrected chi connectivity index (χ0v) is 16.9. The van der Waals surface area contributed by atoms with Gasteiger partial charge in [-0.2, -0.15) is 0 Å². The first-order valence-corrected chi connectivity index (χ1v) is 9.97. The molecule has 8 heteroatoms. The summed E-state index contributed by atoms with van der Waals surface area (Å²) in [6.45, 7) is 3.06. The van der Waals surface area contributed by atoms with Crippen LogP contribution >= 0.6 is 0 Å². The number of hydrogen-bond acceptors (Lipinski definition) is 3. The molecule has 0 radical (unpaired) electrons. The maximum Gasteiger partial charge on any atom is 0.407 e. The van der Waals surface area contributed by atoms with E-state index in [4.69, 9.17) is 10.3 Å². The van der Waals surface area contributed by atoms with Crippen molar-refractivity contribution in [2.45, 2.75) is 25.9 Å². The second kappa shape index (κ2) is 10.1. The molecule has 0 saturated carbocycles. The monoisotopic (exact) mass is 412 g/mol. The van der Waals surface area contributed by atoms with Gasteiger partial charge < -0.3 is 14.7 Å². The number of amides is 1. The van der Waals surface area contributed by atoms with Gasteiger partial charge in [0, 0.05) is 36.0 Å². The van der Waals surface area contributed by atoms with Crippen molar-refractivity contribution in [3.63, 3.8) is 0 Å². The van der Waals surface area contributed by atoms with Gasteiger partial charge in [-0.1, -0.05) is 47.1 Å². The number of halogens is 1. The standard InChI is InChI=1S/C22H25FN4O3/c1-15-5-2-6-16(13-15)20-18(8-3-9-19(20)23)21(30-12-10-25-26-24)17-7-4-11-27(14-17)22(28)29/h2-3,5-6,8-9,13,17,21H,4,7,10-12,14H2,1H3,(H,28,29). The van der Waals surface area contributed by atoms with Crippen LogP contribution in [-0.2, 0) is 4.74 Å². The summed E-state index contributed by atoms with van der Waals surface area (Å²) in [5, 5.41) is 12.9. The summed E-state index contributed by atoms with van der Waals surface area (Å²) in [6.07, 6.45) is -0.0138. The van der Waals surface area contributed by atoms with Gasteiger partial charge in [-0.3, -0.25) is 0 Å². The van der Waals surface area contributed by atoms with Gasteiger partial charge in [-0.15, -0.1) is 0 Å². The van der Waals surface area contributed by atoms with Crippen molar-refractivity contribution >= 4 is 6.09 Å². The van der Waals surface area contributed by atoms with E-state index in [1.807, 2.05) is 37.3 Å². The Bertz CT molecular complexity index is 946. The number of aryl methyl sites for hydroxylation is 1. The molecule has 2 atom stereocenters. The summed E-state index contributed by atoms with van der Waals surface area (Å²) in [5.74, 6) is -0.487. The van der Waals surface area contributed by atoms with Gasteiger partial charge in [0.2, 0.25) is 0 Å². The molecule has 1 aliphatic heterocycles. The van der Waals surface area contributed by atoms with E-state index >= 15 is 4.39 Å². The average molecular weight is 412 g/mol. The fourth-order valence-electron chi connectivity index (χ4n) is 4.06. The average Bonchev–Trinajstić information content (AvgIpc) is 2.74. The molecular weight excluding hydrogens is 387 g/mol. The smallest absolute Gasteiger partial charge is 0.407 e. The van der Waals surface area contributed by atoms with E-state index in [1.165, 1.54) is 11.0 Å². The summed E-state index contributed by atoms with van der Waals surface area (Å²) in [5.41, 5.74) is 11.4. The van der Waals surface area contributed by atoms with Gasteiger partial charge in [-0.25, -0.2) is 9.18 Å². The van der Waals surface area contributed by atoms with Crippen LogP contribution in [0.15, 0.2) is 47.6 Å². The number of benzene rings is 2. The Balaban J connectivity index is 2.01. The summed E-state index contributed by atoms with van der Waals surface area (Å²) >= 11 is 0. The number of carboxylic acid groups (broad SMARTS) is 1. The molecule has 2 unspecified atom stereocenters. The molecule has 3 rings (SSSR count).